The SMILES string of the molecule is COCc1nc(N2CCCC(c3n[nH]c(C)n3)C2)c2c(-c3ccccc3)csc2n1. The quantitative estimate of drug-likeness (QED) is 0.518. The number of aromatic amines is 1. The van der Waals surface area contributed by atoms with Crippen LogP contribution in [-0.4, -0.2) is 45.3 Å². The van der Waals surface area contributed by atoms with E-state index in [0.29, 0.717) is 12.5 Å². The average Bonchev–Trinajstić information content (AvgIpc) is 3.40. The summed E-state index contributed by atoms with van der Waals surface area (Å²) < 4.78 is 5.34. The highest BCUT2D eigenvalue weighted by atomic mass is 32.1. The summed E-state index contributed by atoms with van der Waals surface area (Å²) in [6.45, 7) is 4.15. The monoisotopic (exact) mass is 420 g/mol. The number of ether oxygens (including phenoxy) is 1. The lowest BCUT2D eigenvalue weighted by molar-refractivity contribution is 0.178. The Morgan fingerprint density at radius 2 is 2.07 bits per heavy atom. The molecule has 5 rings (SSSR count). The third kappa shape index (κ3) is 3.57. The molecule has 4 aromatic rings. The summed E-state index contributed by atoms with van der Waals surface area (Å²) in [6, 6.07) is 10.5. The molecule has 0 radical (unpaired) electrons. The molecule has 4 heterocycles. The molecule has 154 valence electrons. The van der Waals surface area contributed by atoms with E-state index in [0.717, 1.165) is 59.4 Å². The van der Waals surface area contributed by atoms with Gasteiger partial charge in [-0.2, -0.15) is 5.10 Å². The lowest BCUT2D eigenvalue weighted by Gasteiger charge is -2.33. The molecule has 0 spiro atoms. The van der Waals surface area contributed by atoms with E-state index in [1.54, 1.807) is 18.4 Å². The van der Waals surface area contributed by atoms with E-state index in [1.165, 1.54) is 11.1 Å². The number of rotatable bonds is 5. The van der Waals surface area contributed by atoms with Crippen LogP contribution in [0.2, 0.25) is 0 Å². The van der Waals surface area contributed by atoms with Gasteiger partial charge in [-0.15, -0.1) is 11.3 Å². The number of fused-ring (bicyclic) bond motifs is 1. The molecule has 0 bridgehead atoms. The van der Waals surface area contributed by atoms with Gasteiger partial charge in [-0.3, -0.25) is 5.10 Å². The molecular weight excluding hydrogens is 396 g/mol. The minimum Gasteiger partial charge on any atom is -0.377 e. The van der Waals surface area contributed by atoms with Crippen molar-refractivity contribution in [3.05, 3.63) is 53.2 Å². The number of aryl methyl sites for hydroxylation is 1. The van der Waals surface area contributed by atoms with Crippen LogP contribution in [0.15, 0.2) is 35.7 Å². The summed E-state index contributed by atoms with van der Waals surface area (Å²) in [6.07, 6.45) is 2.16. The van der Waals surface area contributed by atoms with Crippen LogP contribution in [0.1, 0.15) is 36.2 Å². The van der Waals surface area contributed by atoms with Crippen molar-refractivity contribution in [1.29, 1.82) is 0 Å². The second-order valence-corrected chi connectivity index (χ2v) is 8.51. The Morgan fingerprint density at radius 1 is 1.20 bits per heavy atom. The molecule has 1 N–H and O–H groups in total. The number of hydrogen-bond donors (Lipinski definition) is 1. The maximum absolute atomic E-state index is 5.34. The first-order valence-corrected chi connectivity index (χ1v) is 11.1. The van der Waals surface area contributed by atoms with Crippen LogP contribution in [0.4, 0.5) is 5.82 Å². The highest BCUT2D eigenvalue weighted by Gasteiger charge is 2.28. The third-order valence-electron chi connectivity index (χ3n) is 5.52. The number of nitrogens with zero attached hydrogens (tertiary/aromatic N) is 5. The molecule has 8 heteroatoms. The Morgan fingerprint density at radius 3 is 2.83 bits per heavy atom. The standard InChI is InChI=1S/C22H24N6OS/c1-14-23-20(27-26-14)16-9-6-10-28(11-16)21-19-17(15-7-4-3-5-8-15)13-30-22(19)25-18(24-21)12-29-2/h3-5,7-8,13,16H,6,9-12H2,1-2H3,(H,23,26,27). The van der Waals surface area contributed by atoms with Gasteiger partial charge in [0, 0.05) is 37.1 Å². The zero-order valence-electron chi connectivity index (χ0n) is 17.1. The average molecular weight is 421 g/mol. The third-order valence-corrected chi connectivity index (χ3v) is 6.39. The highest BCUT2D eigenvalue weighted by Crippen LogP contribution is 2.40. The van der Waals surface area contributed by atoms with Gasteiger partial charge < -0.3 is 9.64 Å². The smallest absolute Gasteiger partial charge is 0.158 e. The fraction of sp³-hybridized carbons (Fsp3) is 0.364. The van der Waals surface area contributed by atoms with E-state index in [-0.39, 0.29) is 0 Å². The topological polar surface area (TPSA) is 79.8 Å². The van der Waals surface area contributed by atoms with Gasteiger partial charge in [0.25, 0.3) is 0 Å². The van der Waals surface area contributed by atoms with E-state index < -0.39 is 0 Å². The van der Waals surface area contributed by atoms with Gasteiger partial charge in [0.05, 0.1) is 5.39 Å². The maximum Gasteiger partial charge on any atom is 0.158 e. The number of methoxy groups -OCH3 is 1. The van der Waals surface area contributed by atoms with Crippen LogP contribution >= 0.6 is 11.3 Å². The van der Waals surface area contributed by atoms with Crippen molar-refractivity contribution in [1.82, 2.24) is 25.1 Å². The zero-order valence-corrected chi connectivity index (χ0v) is 17.9. The summed E-state index contributed by atoms with van der Waals surface area (Å²) in [5, 5.41) is 10.7. The van der Waals surface area contributed by atoms with E-state index >= 15 is 0 Å². The summed E-state index contributed by atoms with van der Waals surface area (Å²) in [4.78, 5) is 17.7. The molecule has 0 amide bonds. The largest absolute Gasteiger partial charge is 0.377 e. The fourth-order valence-corrected chi connectivity index (χ4v) is 5.10. The minimum absolute atomic E-state index is 0.290. The molecule has 1 aliphatic heterocycles. The normalized spacial score (nSPS) is 17.0. The van der Waals surface area contributed by atoms with Gasteiger partial charge >= 0.3 is 0 Å². The van der Waals surface area contributed by atoms with Gasteiger partial charge in [-0.1, -0.05) is 30.3 Å². The van der Waals surface area contributed by atoms with Crippen molar-refractivity contribution in [3.63, 3.8) is 0 Å². The van der Waals surface area contributed by atoms with Crippen molar-refractivity contribution in [2.75, 3.05) is 25.1 Å². The van der Waals surface area contributed by atoms with Crippen LogP contribution in [0.25, 0.3) is 21.3 Å². The molecule has 30 heavy (non-hydrogen) atoms. The Bertz CT molecular complexity index is 1160. The first-order chi connectivity index (χ1) is 14.7. The van der Waals surface area contributed by atoms with Crippen molar-refractivity contribution in [2.24, 2.45) is 0 Å². The molecule has 1 unspecified atom stereocenters. The van der Waals surface area contributed by atoms with Crippen molar-refractivity contribution in [2.45, 2.75) is 32.3 Å². The van der Waals surface area contributed by atoms with Gasteiger partial charge in [0.1, 0.15) is 23.1 Å². The molecule has 1 atom stereocenters. The zero-order chi connectivity index (χ0) is 20.5. The Labute approximate surface area is 179 Å². The number of aromatic nitrogens is 5. The summed E-state index contributed by atoms with van der Waals surface area (Å²) in [7, 11) is 1.68. The summed E-state index contributed by atoms with van der Waals surface area (Å²) in [5.74, 6) is 3.76. The van der Waals surface area contributed by atoms with Crippen LogP contribution in [0.5, 0.6) is 0 Å². The van der Waals surface area contributed by atoms with Gasteiger partial charge in [0.15, 0.2) is 11.6 Å². The maximum atomic E-state index is 5.34. The summed E-state index contributed by atoms with van der Waals surface area (Å²) >= 11 is 1.66. The molecule has 1 aromatic carbocycles. The van der Waals surface area contributed by atoms with Gasteiger partial charge in [-0.05, 0) is 25.3 Å². The first kappa shape index (κ1) is 19.1. The predicted octanol–water partition coefficient (Wildman–Crippen LogP) is 4.32. The van der Waals surface area contributed by atoms with Crippen molar-refractivity contribution < 1.29 is 4.74 Å². The molecule has 0 saturated carbocycles. The van der Waals surface area contributed by atoms with Crippen LogP contribution in [0, 0.1) is 6.92 Å². The van der Waals surface area contributed by atoms with Crippen LogP contribution in [0.3, 0.4) is 0 Å². The van der Waals surface area contributed by atoms with Gasteiger partial charge in [-0.25, -0.2) is 15.0 Å². The minimum atomic E-state index is 0.290. The highest BCUT2D eigenvalue weighted by molar-refractivity contribution is 7.17. The number of benzene rings is 1. The second-order valence-electron chi connectivity index (χ2n) is 7.66. The lowest BCUT2D eigenvalue weighted by atomic mass is 9.96. The number of piperidine rings is 1. The molecule has 1 saturated heterocycles. The first-order valence-electron chi connectivity index (χ1n) is 10.2. The van der Waals surface area contributed by atoms with E-state index in [9.17, 15) is 0 Å². The van der Waals surface area contributed by atoms with Gasteiger partial charge in [0.2, 0.25) is 0 Å². The van der Waals surface area contributed by atoms with Crippen LogP contribution < -0.4 is 4.90 Å². The van der Waals surface area contributed by atoms with Crippen LogP contribution in [-0.2, 0) is 11.3 Å². The summed E-state index contributed by atoms with van der Waals surface area (Å²) in [5.41, 5.74) is 2.37. The van der Waals surface area contributed by atoms with E-state index in [1.807, 2.05) is 13.0 Å². The molecule has 1 fully saturated rings. The number of H-pyrrole nitrogens is 1. The Kier molecular flexibility index (Phi) is 5.18. The molecule has 0 aliphatic carbocycles. The number of thiophene rings is 1. The predicted molar refractivity (Wildman–Crippen MR) is 119 cm³/mol. The number of anilines is 1. The molecule has 3 aromatic heterocycles. The fourth-order valence-electron chi connectivity index (χ4n) is 4.14. The van der Waals surface area contributed by atoms with E-state index in [4.69, 9.17) is 14.7 Å². The lowest BCUT2D eigenvalue weighted by Crippen LogP contribution is -2.35. The molecule has 1 aliphatic rings. The molecule has 7 nitrogen and oxygen atoms in total. The Balaban J connectivity index is 1.60. The van der Waals surface area contributed by atoms with Crippen molar-refractivity contribution >= 4 is 27.4 Å². The number of nitrogens with one attached hydrogen (secondary N) is 1. The van der Waals surface area contributed by atoms with E-state index in [2.05, 4.69) is 49.7 Å². The second kappa shape index (κ2) is 8.12. The number of hydrogen-bond acceptors (Lipinski definition) is 7. The molecular formula is C22H24N6OS. The Hall–Kier alpha value is -2.84. The van der Waals surface area contributed by atoms with Crippen molar-refractivity contribution in [3.8, 4) is 11.1 Å².